The SMILES string of the molecule is O=S(Nc1cccc(-c2n[nH]c3ccc(-c4ncn[nH]4)cc23)c1)c1ccccc1. The Bertz CT molecular complexity index is 1300. The zero-order chi connectivity index (χ0) is 19.6. The van der Waals surface area contributed by atoms with Gasteiger partial charge < -0.3 is 4.72 Å². The lowest BCUT2D eigenvalue weighted by Gasteiger charge is -2.07. The van der Waals surface area contributed by atoms with Crippen LogP contribution in [0.25, 0.3) is 33.5 Å². The first-order chi connectivity index (χ1) is 14.3. The molecule has 0 spiro atoms. The van der Waals surface area contributed by atoms with E-state index < -0.39 is 11.0 Å². The lowest BCUT2D eigenvalue weighted by Crippen LogP contribution is -2.04. The third kappa shape index (κ3) is 3.41. The lowest BCUT2D eigenvalue weighted by molar-refractivity contribution is 0.686. The van der Waals surface area contributed by atoms with Gasteiger partial charge in [0, 0.05) is 22.2 Å². The van der Waals surface area contributed by atoms with Crippen molar-refractivity contribution in [3.63, 3.8) is 0 Å². The summed E-state index contributed by atoms with van der Waals surface area (Å²) in [6, 6.07) is 23.0. The largest absolute Gasteiger partial charge is 0.301 e. The zero-order valence-corrected chi connectivity index (χ0v) is 16.0. The number of hydrogen-bond acceptors (Lipinski definition) is 4. The maximum Gasteiger partial charge on any atom is 0.155 e. The maximum absolute atomic E-state index is 12.6. The van der Waals surface area contributed by atoms with Crippen LogP contribution in [-0.4, -0.2) is 29.6 Å². The van der Waals surface area contributed by atoms with Crippen molar-refractivity contribution in [2.24, 2.45) is 0 Å². The quantitative estimate of drug-likeness (QED) is 0.413. The second kappa shape index (κ2) is 7.33. The van der Waals surface area contributed by atoms with E-state index in [4.69, 9.17) is 0 Å². The fourth-order valence-corrected chi connectivity index (χ4v) is 4.03. The molecule has 3 aromatic carbocycles. The molecule has 0 saturated carbocycles. The number of aromatic amines is 2. The van der Waals surface area contributed by atoms with Gasteiger partial charge in [-0.3, -0.25) is 10.2 Å². The van der Waals surface area contributed by atoms with Gasteiger partial charge in [0.2, 0.25) is 0 Å². The standard InChI is InChI=1S/C21H16N6OS/c28-29(17-7-2-1-3-8-17)27-16-6-4-5-14(11-16)20-18-12-15(21-22-13-23-26-21)9-10-19(18)24-25-20/h1-13,27H,(H,24,25)(H,22,23,26). The zero-order valence-electron chi connectivity index (χ0n) is 15.2. The minimum atomic E-state index is -1.34. The molecule has 5 aromatic rings. The number of benzene rings is 3. The van der Waals surface area contributed by atoms with Crippen LogP contribution in [0, 0.1) is 0 Å². The molecule has 0 aliphatic carbocycles. The minimum Gasteiger partial charge on any atom is -0.301 e. The van der Waals surface area contributed by atoms with Crippen molar-refractivity contribution >= 4 is 27.6 Å². The number of fused-ring (bicyclic) bond motifs is 1. The Kier molecular flexibility index (Phi) is 4.38. The predicted molar refractivity (Wildman–Crippen MR) is 113 cm³/mol. The summed E-state index contributed by atoms with van der Waals surface area (Å²) in [5, 5.41) is 15.3. The molecule has 142 valence electrons. The smallest absolute Gasteiger partial charge is 0.155 e. The number of nitrogens with zero attached hydrogens (tertiary/aromatic N) is 3. The molecule has 0 radical (unpaired) electrons. The van der Waals surface area contributed by atoms with Gasteiger partial charge in [-0.15, -0.1) is 0 Å². The number of aromatic nitrogens is 5. The Labute approximate surface area is 168 Å². The summed E-state index contributed by atoms with van der Waals surface area (Å²) < 4.78 is 15.6. The van der Waals surface area contributed by atoms with Crippen molar-refractivity contribution in [2.75, 3.05) is 4.72 Å². The highest BCUT2D eigenvalue weighted by Crippen LogP contribution is 2.30. The van der Waals surface area contributed by atoms with E-state index in [1.54, 1.807) is 0 Å². The average Bonchev–Trinajstić information content (AvgIpc) is 3.44. The first kappa shape index (κ1) is 17.3. The fourth-order valence-electron chi connectivity index (χ4n) is 3.17. The number of nitrogens with one attached hydrogen (secondary N) is 3. The molecule has 0 saturated heterocycles. The van der Waals surface area contributed by atoms with Gasteiger partial charge >= 0.3 is 0 Å². The second-order valence-corrected chi connectivity index (χ2v) is 7.64. The average molecular weight is 400 g/mol. The maximum atomic E-state index is 12.6. The highest BCUT2D eigenvalue weighted by atomic mass is 32.2. The highest BCUT2D eigenvalue weighted by Gasteiger charge is 2.12. The molecular weight excluding hydrogens is 384 g/mol. The third-order valence-electron chi connectivity index (χ3n) is 4.56. The van der Waals surface area contributed by atoms with Crippen molar-refractivity contribution in [1.29, 1.82) is 0 Å². The summed E-state index contributed by atoms with van der Waals surface area (Å²) in [6.45, 7) is 0. The summed E-state index contributed by atoms with van der Waals surface area (Å²) in [5.74, 6) is 0.702. The molecule has 0 amide bonds. The van der Waals surface area contributed by atoms with Gasteiger partial charge in [0.05, 0.1) is 16.1 Å². The summed E-state index contributed by atoms with van der Waals surface area (Å²) in [7, 11) is -1.34. The van der Waals surface area contributed by atoms with E-state index >= 15 is 0 Å². The Morgan fingerprint density at radius 3 is 2.59 bits per heavy atom. The molecule has 0 aliphatic rings. The molecule has 1 unspecified atom stereocenters. The number of rotatable bonds is 5. The summed E-state index contributed by atoms with van der Waals surface area (Å²) in [6.07, 6.45) is 1.48. The van der Waals surface area contributed by atoms with E-state index in [-0.39, 0.29) is 0 Å². The van der Waals surface area contributed by atoms with E-state index in [1.807, 2.05) is 72.8 Å². The van der Waals surface area contributed by atoms with Gasteiger partial charge in [0.15, 0.2) is 5.82 Å². The Hall–Kier alpha value is -3.78. The second-order valence-electron chi connectivity index (χ2n) is 6.43. The monoisotopic (exact) mass is 400 g/mol. The molecule has 5 rings (SSSR count). The van der Waals surface area contributed by atoms with Crippen LogP contribution >= 0.6 is 0 Å². The van der Waals surface area contributed by atoms with E-state index in [1.165, 1.54) is 6.33 Å². The van der Waals surface area contributed by atoms with Crippen molar-refractivity contribution in [3.05, 3.63) is 79.1 Å². The predicted octanol–water partition coefficient (Wildman–Crippen LogP) is 4.15. The Morgan fingerprint density at radius 1 is 0.862 bits per heavy atom. The van der Waals surface area contributed by atoms with Crippen LogP contribution in [0.3, 0.4) is 0 Å². The van der Waals surface area contributed by atoms with Crippen LogP contribution in [0.2, 0.25) is 0 Å². The van der Waals surface area contributed by atoms with Crippen molar-refractivity contribution in [3.8, 4) is 22.6 Å². The number of anilines is 1. The van der Waals surface area contributed by atoms with E-state index in [0.717, 1.165) is 38.3 Å². The molecule has 3 N–H and O–H groups in total. The van der Waals surface area contributed by atoms with E-state index in [9.17, 15) is 4.21 Å². The molecule has 29 heavy (non-hydrogen) atoms. The van der Waals surface area contributed by atoms with Crippen LogP contribution in [0.1, 0.15) is 0 Å². The van der Waals surface area contributed by atoms with Crippen LogP contribution in [0.5, 0.6) is 0 Å². The summed E-state index contributed by atoms with van der Waals surface area (Å²) in [4.78, 5) is 4.94. The Balaban J connectivity index is 1.50. The molecular formula is C21H16N6OS. The van der Waals surface area contributed by atoms with Crippen molar-refractivity contribution < 1.29 is 4.21 Å². The molecule has 1 atom stereocenters. The van der Waals surface area contributed by atoms with Gasteiger partial charge in [0.25, 0.3) is 0 Å². The van der Waals surface area contributed by atoms with Gasteiger partial charge in [-0.05, 0) is 42.5 Å². The van der Waals surface area contributed by atoms with E-state index in [2.05, 4.69) is 30.1 Å². The molecule has 2 heterocycles. The third-order valence-corrected chi connectivity index (χ3v) is 5.68. The van der Waals surface area contributed by atoms with Gasteiger partial charge in [0.1, 0.15) is 17.3 Å². The molecule has 0 aliphatic heterocycles. The first-order valence-electron chi connectivity index (χ1n) is 8.96. The van der Waals surface area contributed by atoms with Gasteiger partial charge in [-0.1, -0.05) is 30.3 Å². The summed E-state index contributed by atoms with van der Waals surface area (Å²) >= 11 is 0. The lowest BCUT2D eigenvalue weighted by atomic mass is 10.0. The van der Waals surface area contributed by atoms with E-state index in [0.29, 0.717) is 5.82 Å². The Morgan fingerprint density at radius 2 is 1.76 bits per heavy atom. The molecule has 0 bridgehead atoms. The van der Waals surface area contributed by atoms with Crippen molar-refractivity contribution in [2.45, 2.75) is 4.90 Å². The first-order valence-corrected chi connectivity index (χ1v) is 10.1. The number of H-pyrrole nitrogens is 2. The summed E-state index contributed by atoms with van der Waals surface area (Å²) in [5.41, 5.74) is 4.34. The van der Waals surface area contributed by atoms with Crippen LogP contribution in [0.4, 0.5) is 5.69 Å². The topological polar surface area (TPSA) is 99.3 Å². The van der Waals surface area contributed by atoms with Crippen LogP contribution in [-0.2, 0) is 11.0 Å². The van der Waals surface area contributed by atoms with Crippen molar-refractivity contribution in [1.82, 2.24) is 25.4 Å². The normalized spacial score (nSPS) is 12.1. The molecule has 8 heteroatoms. The van der Waals surface area contributed by atoms with Crippen LogP contribution in [0.15, 0.2) is 84.0 Å². The highest BCUT2D eigenvalue weighted by molar-refractivity contribution is 7.86. The minimum absolute atomic E-state index is 0.702. The van der Waals surface area contributed by atoms with Gasteiger partial charge in [-0.2, -0.15) is 10.2 Å². The fraction of sp³-hybridized carbons (Fsp3) is 0. The van der Waals surface area contributed by atoms with Gasteiger partial charge in [-0.25, -0.2) is 9.19 Å². The molecule has 7 nitrogen and oxygen atoms in total. The van der Waals surface area contributed by atoms with Crippen LogP contribution < -0.4 is 4.72 Å². The number of hydrogen-bond donors (Lipinski definition) is 3. The molecule has 0 fully saturated rings. The molecule has 2 aromatic heterocycles.